The van der Waals surface area contributed by atoms with Gasteiger partial charge in [0.05, 0.1) is 11.0 Å². The lowest BCUT2D eigenvalue weighted by molar-refractivity contribution is -0.158. The molecule has 1 saturated heterocycles. The number of carboxylic acids is 1. The monoisotopic (exact) mass is 488 g/mol. The van der Waals surface area contributed by atoms with Gasteiger partial charge in [-0.25, -0.2) is 4.79 Å². The molecule has 0 aromatic rings. The van der Waals surface area contributed by atoms with Gasteiger partial charge >= 0.3 is 12.0 Å². The van der Waals surface area contributed by atoms with Crippen LogP contribution in [0.5, 0.6) is 0 Å². The maximum absolute atomic E-state index is 13.5. The van der Waals surface area contributed by atoms with Crippen LogP contribution >= 0.6 is 0 Å². The van der Waals surface area contributed by atoms with Crippen LogP contribution in [0.25, 0.3) is 0 Å². The summed E-state index contributed by atoms with van der Waals surface area (Å²) in [4.78, 5) is 42.6. The van der Waals surface area contributed by atoms with E-state index in [1.54, 1.807) is 22.9 Å². The number of carbonyl (C=O) groups excluding carboxylic acids is 2. The number of hydrogen-bond acceptors (Lipinski definition) is 4. The Morgan fingerprint density at radius 1 is 1.06 bits per heavy atom. The van der Waals surface area contributed by atoms with E-state index in [4.69, 9.17) is 0 Å². The average molecular weight is 489 g/mol. The largest absolute Gasteiger partial charge is 0.481 e. The molecule has 0 aromatic heterocycles. The molecular formula is C27H44N4O4. The van der Waals surface area contributed by atoms with Crippen LogP contribution in [0.3, 0.4) is 0 Å². The highest BCUT2D eigenvalue weighted by molar-refractivity contribution is 5.90. The molecule has 196 valence electrons. The molecule has 1 saturated carbocycles. The summed E-state index contributed by atoms with van der Waals surface area (Å²) < 4.78 is 0. The number of nitrogens with zero attached hydrogens (tertiary/aromatic N) is 2. The first-order valence-corrected chi connectivity index (χ1v) is 12.8. The maximum Gasteiger partial charge on any atom is 0.322 e. The molecule has 4 unspecified atom stereocenters. The highest BCUT2D eigenvalue weighted by Crippen LogP contribution is 2.42. The lowest BCUT2D eigenvalue weighted by Crippen LogP contribution is -2.60. The standard InChI is InChI=1S/C27H44N4O4/c1-24(2,3)27(8)14-9-10-15-31(27)23(35)28-19-13-16-30(21(19)32)20-12-11-18(29-25(4,5)6)17-26(20,7)22(33)34/h9-10,14-15,18-20,29H,11-13,16-17H2,1-8H3,(H,28,35)(H,33,34)/t18?,19-,20?,26?,27?/m0/s1. The minimum Gasteiger partial charge on any atom is -0.481 e. The fraction of sp³-hybridized carbons (Fsp3) is 0.741. The second-order valence-electron chi connectivity index (χ2n) is 12.9. The van der Waals surface area contributed by atoms with E-state index in [1.807, 2.05) is 25.2 Å². The molecule has 8 nitrogen and oxygen atoms in total. The number of carboxylic acid groups (broad SMARTS) is 1. The lowest BCUT2D eigenvalue weighted by atomic mass is 9.68. The van der Waals surface area contributed by atoms with E-state index in [0.29, 0.717) is 25.8 Å². The molecule has 5 atom stereocenters. The van der Waals surface area contributed by atoms with E-state index < -0.39 is 29.0 Å². The van der Waals surface area contributed by atoms with Gasteiger partial charge in [0.2, 0.25) is 5.91 Å². The van der Waals surface area contributed by atoms with Gasteiger partial charge in [-0.2, -0.15) is 0 Å². The Labute approximate surface area is 210 Å². The average Bonchev–Trinajstić information content (AvgIpc) is 3.06. The number of urea groups is 1. The minimum atomic E-state index is -1.05. The zero-order chi connectivity index (χ0) is 26.4. The van der Waals surface area contributed by atoms with Crippen molar-refractivity contribution in [2.24, 2.45) is 10.8 Å². The molecule has 0 radical (unpaired) electrons. The Bertz CT molecular complexity index is 915. The Balaban J connectivity index is 1.73. The van der Waals surface area contributed by atoms with Crippen LogP contribution in [0.4, 0.5) is 4.79 Å². The summed E-state index contributed by atoms with van der Waals surface area (Å²) in [6, 6.07) is -1.29. The molecule has 2 fully saturated rings. The maximum atomic E-state index is 13.5. The van der Waals surface area contributed by atoms with Crippen molar-refractivity contribution in [2.45, 2.75) is 110 Å². The Kier molecular flexibility index (Phi) is 7.21. The quantitative estimate of drug-likeness (QED) is 0.557. The zero-order valence-corrected chi connectivity index (χ0v) is 22.6. The van der Waals surface area contributed by atoms with Crippen LogP contribution in [-0.4, -0.2) is 68.6 Å². The Morgan fingerprint density at radius 2 is 1.71 bits per heavy atom. The third kappa shape index (κ3) is 5.27. The molecule has 1 aliphatic carbocycles. The number of rotatable bonds is 4. The van der Waals surface area contributed by atoms with E-state index >= 15 is 0 Å². The minimum absolute atomic E-state index is 0.0783. The molecule has 0 spiro atoms. The smallest absolute Gasteiger partial charge is 0.322 e. The van der Waals surface area contributed by atoms with Crippen LogP contribution in [-0.2, 0) is 9.59 Å². The normalized spacial score (nSPS) is 33.8. The lowest BCUT2D eigenvalue weighted by Gasteiger charge is -2.48. The molecule has 35 heavy (non-hydrogen) atoms. The van der Waals surface area contributed by atoms with Gasteiger partial charge < -0.3 is 20.6 Å². The summed E-state index contributed by atoms with van der Waals surface area (Å²) in [6.45, 7) is 16.7. The first-order valence-electron chi connectivity index (χ1n) is 12.8. The molecule has 3 N–H and O–H groups in total. The zero-order valence-electron chi connectivity index (χ0n) is 22.6. The summed E-state index contributed by atoms with van der Waals surface area (Å²) in [6.07, 6.45) is 9.87. The van der Waals surface area contributed by atoms with Crippen LogP contribution in [0.15, 0.2) is 24.4 Å². The Hall–Kier alpha value is -2.35. The number of allylic oxidation sites excluding steroid dienone is 2. The van der Waals surface area contributed by atoms with Crippen molar-refractivity contribution in [2.75, 3.05) is 6.54 Å². The fourth-order valence-corrected chi connectivity index (χ4v) is 5.76. The van der Waals surface area contributed by atoms with Crippen molar-refractivity contribution < 1.29 is 19.5 Å². The molecular weight excluding hydrogens is 444 g/mol. The predicted molar refractivity (Wildman–Crippen MR) is 137 cm³/mol. The van der Waals surface area contributed by atoms with Gasteiger partial charge in [-0.1, -0.05) is 32.9 Å². The molecule has 3 aliphatic rings. The van der Waals surface area contributed by atoms with Gasteiger partial charge in [-0.15, -0.1) is 0 Å². The summed E-state index contributed by atoms with van der Waals surface area (Å²) in [5.41, 5.74) is -1.94. The number of nitrogens with one attached hydrogen (secondary N) is 2. The van der Waals surface area contributed by atoms with Crippen LogP contribution in [0.1, 0.15) is 81.1 Å². The summed E-state index contributed by atoms with van der Waals surface area (Å²) in [5.74, 6) is -1.07. The van der Waals surface area contributed by atoms with Gasteiger partial charge in [-0.3, -0.25) is 14.5 Å². The Morgan fingerprint density at radius 3 is 2.29 bits per heavy atom. The fourth-order valence-electron chi connectivity index (χ4n) is 5.76. The van der Waals surface area contributed by atoms with Gasteiger partial charge in [-0.05, 0) is 71.8 Å². The highest BCUT2D eigenvalue weighted by atomic mass is 16.4. The molecule has 0 aromatic carbocycles. The number of carbonyl (C=O) groups is 3. The summed E-state index contributed by atoms with van der Waals surface area (Å²) in [5, 5.41) is 16.7. The first kappa shape index (κ1) is 27.2. The number of aliphatic carboxylic acids is 1. The predicted octanol–water partition coefficient (Wildman–Crippen LogP) is 3.89. The number of amides is 3. The third-order valence-corrected chi connectivity index (χ3v) is 8.24. The van der Waals surface area contributed by atoms with E-state index in [2.05, 4.69) is 52.2 Å². The molecule has 2 heterocycles. The van der Waals surface area contributed by atoms with E-state index in [-0.39, 0.29) is 28.9 Å². The molecule has 3 amide bonds. The van der Waals surface area contributed by atoms with Crippen LogP contribution < -0.4 is 10.6 Å². The van der Waals surface area contributed by atoms with Gasteiger partial charge in [0.1, 0.15) is 6.04 Å². The topological polar surface area (TPSA) is 102 Å². The van der Waals surface area contributed by atoms with Crippen LogP contribution in [0.2, 0.25) is 0 Å². The first-order chi connectivity index (χ1) is 16.0. The van der Waals surface area contributed by atoms with Crippen molar-refractivity contribution in [3.05, 3.63) is 24.4 Å². The third-order valence-electron chi connectivity index (χ3n) is 8.24. The highest BCUT2D eigenvalue weighted by Gasteiger charge is 2.53. The van der Waals surface area contributed by atoms with E-state index in [0.717, 1.165) is 6.42 Å². The SMILES string of the molecule is CC(C)(C)NC1CCC(N2CC[C@H](NC(=O)N3C=CC=CC3(C)C(C)(C)C)C2=O)C(C)(C(=O)O)C1. The van der Waals surface area contributed by atoms with Crippen molar-refractivity contribution in [1.82, 2.24) is 20.4 Å². The molecule has 8 heteroatoms. The van der Waals surface area contributed by atoms with Crippen LogP contribution in [0, 0.1) is 10.8 Å². The van der Waals surface area contributed by atoms with Gasteiger partial charge in [0.15, 0.2) is 0 Å². The second-order valence-corrected chi connectivity index (χ2v) is 12.9. The van der Waals surface area contributed by atoms with Gasteiger partial charge in [0, 0.05) is 30.4 Å². The second kappa shape index (κ2) is 9.26. The van der Waals surface area contributed by atoms with E-state index in [9.17, 15) is 19.5 Å². The van der Waals surface area contributed by atoms with Gasteiger partial charge in [0.25, 0.3) is 0 Å². The van der Waals surface area contributed by atoms with E-state index in [1.165, 1.54) is 0 Å². The van der Waals surface area contributed by atoms with Crippen molar-refractivity contribution in [3.8, 4) is 0 Å². The summed E-state index contributed by atoms with van der Waals surface area (Å²) >= 11 is 0. The molecule has 3 rings (SSSR count). The number of hydrogen-bond donors (Lipinski definition) is 3. The number of likely N-dealkylation sites (tertiary alicyclic amines) is 1. The molecule has 2 aliphatic heterocycles. The molecule has 0 bridgehead atoms. The van der Waals surface area contributed by atoms with Crippen molar-refractivity contribution in [1.29, 1.82) is 0 Å². The van der Waals surface area contributed by atoms with Crippen molar-refractivity contribution in [3.63, 3.8) is 0 Å². The summed E-state index contributed by atoms with van der Waals surface area (Å²) in [7, 11) is 0. The van der Waals surface area contributed by atoms with Crippen molar-refractivity contribution >= 4 is 17.9 Å².